The molecular formula is C15H27N3O. The highest BCUT2D eigenvalue weighted by Crippen LogP contribution is 2.49. The van der Waals surface area contributed by atoms with Crippen LogP contribution in [0.5, 0.6) is 0 Å². The third kappa shape index (κ3) is 3.00. The van der Waals surface area contributed by atoms with E-state index in [-0.39, 0.29) is 0 Å². The quantitative estimate of drug-likeness (QED) is 0.817. The van der Waals surface area contributed by atoms with E-state index in [4.69, 9.17) is 4.52 Å². The average Bonchev–Trinajstić information content (AvgIpc) is 2.69. The Bertz CT molecular complexity index is 423. The summed E-state index contributed by atoms with van der Waals surface area (Å²) in [6.07, 6.45) is 2.30. The third-order valence-corrected chi connectivity index (χ3v) is 4.58. The van der Waals surface area contributed by atoms with E-state index in [1.54, 1.807) is 0 Å². The SMILES string of the molecule is CN(C)Cc1cc(C[C@@H]2C[C@H](N(C)C)C2(C)C)no1. The van der Waals surface area contributed by atoms with Crippen LogP contribution in [0.4, 0.5) is 0 Å². The molecule has 1 aromatic heterocycles. The Morgan fingerprint density at radius 1 is 1.32 bits per heavy atom. The highest BCUT2D eigenvalue weighted by molar-refractivity contribution is 5.11. The fraction of sp³-hybridized carbons (Fsp3) is 0.800. The van der Waals surface area contributed by atoms with Crippen LogP contribution in [-0.4, -0.2) is 49.2 Å². The maximum Gasteiger partial charge on any atom is 0.150 e. The fourth-order valence-corrected chi connectivity index (χ4v) is 3.30. The number of hydrogen-bond donors (Lipinski definition) is 0. The molecule has 0 aromatic carbocycles. The lowest BCUT2D eigenvalue weighted by atomic mass is 9.57. The zero-order valence-corrected chi connectivity index (χ0v) is 13.1. The summed E-state index contributed by atoms with van der Waals surface area (Å²) in [5.74, 6) is 1.67. The van der Waals surface area contributed by atoms with Crippen molar-refractivity contribution in [2.75, 3.05) is 28.2 Å². The molecule has 0 spiro atoms. The lowest BCUT2D eigenvalue weighted by molar-refractivity contribution is -0.0421. The first-order valence-corrected chi connectivity index (χ1v) is 7.06. The van der Waals surface area contributed by atoms with Gasteiger partial charge in [0, 0.05) is 12.1 Å². The van der Waals surface area contributed by atoms with Crippen LogP contribution in [0.15, 0.2) is 10.6 Å². The van der Waals surface area contributed by atoms with Gasteiger partial charge in [-0.15, -0.1) is 0 Å². The van der Waals surface area contributed by atoms with Gasteiger partial charge in [-0.2, -0.15) is 0 Å². The molecule has 1 aliphatic rings. The molecule has 1 fully saturated rings. The van der Waals surface area contributed by atoms with E-state index in [1.807, 2.05) is 14.1 Å². The van der Waals surface area contributed by atoms with Crippen LogP contribution in [0.3, 0.4) is 0 Å². The van der Waals surface area contributed by atoms with Crippen LogP contribution in [0.25, 0.3) is 0 Å². The maximum atomic E-state index is 5.39. The van der Waals surface area contributed by atoms with Crippen molar-refractivity contribution in [1.82, 2.24) is 15.0 Å². The molecule has 0 bridgehead atoms. The first kappa shape index (κ1) is 14.5. The predicted molar refractivity (Wildman–Crippen MR) is 77.0 cm³/mol. The number of aromatic nitrogens is 1. The maximum absolute atomic E-state index is 5.39. The van der Waals surface area contributed by atoms with Crippen molar-refractivity contribution in [2.45, 2.75) is 39.3 Å². The standard InChI is InChI=1S/C15H27N3O/c1-15(2)11(8-14(15)18(5)6)7-12-9-13(19-16-12)10-17(3)4/h9,11,14H,7-8,10H2,1-6H3/t11-,14+/m1/s1. The van der Waals surface area contributed by atoms with Gasteiger partial charge in [0.15, 0.2) is 5.76 Å². The molecule has 0 saturated heterocycles. The van der Waals surface area contributed by atoms with Crippen molar-refractivity contribution in [1.29, 1.82) is 0 Å². The number of rotatable bonds is 5. The van der Waals surface area contributed by atoms with Crippen LogP contribution in [-0.2, 0) is 13.0 Å². The summed E-state index contributed by atoms with van der Waals surface area (Å²) in [6, 6.07) is 2.80. The summed E-state index contributed by atoms with van der Waals surface area (Å²) >= 11 is 0. The van der Waals surface area contributed by atoms with Crippen molar-refractivity contribution in [3.63, 3.8) is 0 Å². The topological polar surface area (TPSA) is 32.5 Å². The van der Waals surface area contributed by atoms with Gasteiger partial charge in [-0.25, -0.2) is 0 Å². The summed E-state index contributed by atoms with van der Waals surface area (Å²) in [6.45, 7) is 5.56. The van der Waals surface area contributed by atoms with Gasteiger partial charge >= 0.3 is 0 Å². The van der Waals surface area contributed by atoms with Gasteiger partial charge in [-0.05, 0) is 52.4 Å². The molecule has 4 heteroatoms. The molecule has 0 radical (unpaired) electrons. The number of nitrogens with zero attached hydrogens (tertiary/aromatic N) is 3. The molecular weight excluding hydrogens is 238 g/mol. The van der Waals surface area contributed by atoms with E-state index in [0.717, 1.165) is 24.4 Å². The minimum atomic E-state index is 0.365. The summed E-state index contributed by atoms with van der Waals surface area (Å²) in [5.41, 5.74) is 1.47. The minimum Gasteiger partial charge on any atom is -0.360 e. The van der Waals surface area contributed by atoms with E-state index in [2.05, 4.69) is 49.0 Å². The van der Waals surface area contributed by atoms with Crippen molar-refractivity contribution in [2.24, 2.45) is 11.3 Å². The molecule has 1 aliphatic carbocycles. The van der Waals surface area contributed by atoms with Crippen molar-refractivity contribution in [3.05, 3.63) is 17.5 Å². The van der Waals surface area contributed by atoms with Gasteiger partial charge in [0.2, 0.25) is 0 Å². The van der Waals surface area contributed by atoms with Gasteiger partial charge in [0.1, 0.15) is 0 Å². The Kier molecular flexibility index (Phi) is 4.02. The Balaban J connectivity index is 1.94. The van der Waals surface area contributed by atoms with E-state index in [9.17, 15) is 0 Å². The lowest BCUT2D eigenvalue weighted by Gasteiger charge is -2.55. The largest absolute Gasteiger partial charge is 0.360 e. The Morgan fingerprint density at radius 3 is 2.53 bits per heavy atom. The normalized spacial score (nSPS) is 25.9. The van der Waals surface area contributed by atoms with Crippen LogP contribution in [0, 0.1) is 11.3 Å². The molecule has 0 aliphatic heterocycles. The second kappa shape index (κ2) is 5.25. The van der Waals surface area contributed by atoms with Gasteiger partial charge in [-0.3, -0.25) is 0 Å². The van der Waals surface area contributed by atoms with E-state index >= 15 is 0 Å². The van der Waals surface area contributed by atoms with E-state index in [1.165, 1.54) is 6.42 Å². The second-order valence-electron chi connectivity index (χ2n) is 6.96. The van der Waals surface area contributed by atoms with Crippen molar-refractivity contribution in [3.8, 4) is 0 Å². The summed E-state index contributed by atoms with van der Waals surface area (Å²) in [4.78, 5) is 4.44. The molecule has 0 amide bonds. The second-order valence-corrected chi connectivity index (χ2v) is 6.96. The highest BCUT2D eigenvalue weighted by atomic mass is 16.5. The fourth-order valence-electron chi connectivity index (χ4n) is 3.30. The minimum absolute atomic E-state index is 0.365. The molecule has 1 aromatic rings. The van der Waals surface area contributed by atoms with Crippen LogP contribution >= 0.6 is 0 Å². The van der Waals surface area contributed by atoms with Gasteiger partial charge in [0.25, 0.3) is 0 Å². The van der Waals surface area contributed by atoms with Crippen LogP contribution < -0.4 is 0 Å². The van der Waals surface area contributed by atoms with Crippen molar-refractivity contribution < 1.29 is 4.52 Å². The van der Waals surface area contributed by atoms with Gasteiger partial charge in [0.05, 0.1) is 12.2 Å². The Hall–Kier alpha value is -0.870. The molecule has 0 unspecified atom stereocenters. The highest BCUT2D eigenvalue weighted by Gasteiger charge is 2.48. The van der Waals surface area contributed by atoms with E-state index in [0.29, 0.717) is 17.4 Å². The summed E-state index contributed by atoms with van der Waals surface area (Å²) in [5, 5.41) is 4.21. The lowest BCUT2D eigenvalue weighted by Crippen LogP contribution is -2.56. The zero-order valence-electron chi connectivity index (χ0n) is 13.1. The third-order valence-electron chi connectivity index (χ3n) is 4.58. The van der Waals surface area contributed by atoms with E-state index < -0.39 is 0 Å². The first-order valence-electron chi connectivity index (χ1n) is 7.06. The average molecular weight is 265 g/mol. The molecule has 4 nitrogen and oxygen atoms in total. The van der Waals surface area contributed by atoms with Crippen LogP contribution in [0.2, 0.25) is 0 Å². The smallest absolute Gasteiger partial charge is 0.150 e. The molecule has 1 heterocycles. The summed E-state index contributed by atoms with van der Waals surface area (Å²) in [7, 11) is 8.43. The Labute approximate surface area is 116 Å². The zero-order chi connectivity index (χ0) is 14.2. The predicted octanol–water partition coefficient (Wildman–Crippen LogP) is 2.26. The van der Waals surface area contributed by atoms with Gasteiger partial charge in [-0.1, -0.05) is 19.0 Å². The van der Waals surface area contributed by atoms with Gasteiger partial charge < -0.3 is 14.3 Å². The molecule has 108 valence electrons. The molecule has 2 atom stereocenters. The molecule has 1 saturated carbocycles. The number of hydrogen-bond acceptors (Lipinski definition) is 4. The van der Waals surface area contributed by atoms with Crippen molar-refractivity contribution >= 4 is 0 Å². The monoisotopic (exact) mass is 265 g/mol. The Morgan fingerprint density at radius 2 is 2.00 bits per heavy atom. The molecule has 2 rings (SSSR count). The van der Waals surface area contributed by atoms with Crippen LogP contribution in [0.1, 0.15) is 31.7 Å². The molecule has 0 N–H and O–H groups in total. The summed E-state index contributed by atoms with van der Waals surface area (Å²) < 4.78 is 5.39. The molecule has 19 heavy (non-hydrogen) atoms. The first-order chi connectivity index (χ1) is 8.80.